The van der Waals surface area contributed by atoms with Crippen LogP contribution in [-0.4, -0.2) is 20.1 Å². The van der Waals surface area contributed by atoms with Crippen molar-refractivity contribution in [2.75, 3.05) is 23.9 Å². The molecule has 0 fully saturated rings. The highest BCUT2D eigenvalue weighted by Gasteiger charge is 2.53. The molecule has 2 aliphatic rings. The van der Waals surface area contributed by atoms with Crippen molar-refractivity contribution in [3.8, 4) is 11.5 Å². The van der Waals surface area contributed by atoms with Gasteiger partial charge in [0.05, 0.1) is 5.56 Å². The van der Waals surface area contributed by atoms with Crippen LogP contribution in [0.25, 0.3) is 0 Å². The summed E-state index contributed by atoms with van der Waals surface area (Å²) in [7, 11) is 4.07. The molecule has 0 aromatic heterocycles. The molecule has 5 aromatic rings. The van der Waals surface area contributed by atoms with Crippen LogP contribution in [0.2, 0.25) is 0 Å². The molecule has 1 atom stereocenters. The van der Waals surface area contributed by atoms with E-state index in [2.05, 4.69) is 65.3 Å². The number of aryl methyl sites for hydroxylation is 1. The quantitative estimate of drug-likeness (QED) is 0.222. The molecule has 5 aromatic carbocycles. The molecule has 5 heteroatoms. The molecule has 0 bridgehead atoms. The van der Waals surface area contributed by atoms with Crippen molar-refractivity contribution in [3.05, 3.63) is 143 Å². The average molecular weight is 525 g/mol. The fourth-order valence-electron chi connectivity index (χ4n) is 5.78. The second-order valence-corrected chi connectivity index (χ2v) is 10.4. The SMILES string of the molecule is Cc1ccc(N(C)c2ccc3c(c2)Oc2ccc(N(C)c4ccccc4)cc2C32OC(=O)c3ccccc32)cc1. The molecular formula is C35H28N2O3. The first-order valence-electron chi connectivity index (χ1n) is 13.3. The van der Waals surface area contributed by atoms with E-state index in [0.29, 0.717) is 17.1 Å². The number of anilines is 4. The first kappa shape index (κ1) is 24.0. The lowest BCUT2D eigenvalue weighted by Crippen LogP contribution is -2.33. The van der Waals surface area contributed by atoms with Gasteiger partial charge in [-0.2, -0.15) is 0 Å². The largest absolute Gasteiger partial charge is 0.456 e. The highest BCUT2D eigenvalue weighted by molar-refractivity contribution is 5.97. The van der Waals surface area contributed by atoms with Crippen LogP contribution in [0.3, 0.4) is 0 Å². The number of fused-ring (bicyclic) bond motifs is 6. The van der Waals surface area contributed by atoms with E-state index in [4.69, 9.17) is 9.47 Å². The third-order valence-electron chi connectivity index (χ3n) is 8.02. The summed E-state index contributed by atoms with van der Waals surface area (Å²) >= 11 is 0. The molecule has 2 aliphatic heterocycles. The summed E-state index contributed by atoms with van der Waals surface area (Å²) in [5.74, 6) is 0.993. The minimum absolute atomic E-state index is 0.336. The molecular weight excluding hydrogens is 496 g/mol. The number of hydrogen-bond acceptors (Lipinski definition) is 5. The van der Waals surface area contributed by atoms with Crippen LogP contribution in [0.1, 0.15) is 32.6 Å². The molecule has 2 heterocycles. The van der Waals surface area contributed by atoms with E-state index in [1.807, 2.05) is 80.8 Å². The summed E-state index contributed by atoms with van der Waals surface area (Å²) < 4.78 is 13.0. The molecule has 0 aliphatic carbocycles. The van der Waals surface area contributed by atoms with E-state index in [1.54, 1.807) is 0 Å². The summed E-state index contributed by atoms with van der Waals surface area (Å²) in [6.07, 6.45) is 0. The molecule has 0 N–H and O–H groups in total. The van der Waals surface area contributed by atoms with Crippen molar-refractivity contribution in [1.29, 1.82) is 0 Å². The zero-order valence-electron chi connectivity index (χ0n) is 22.6. The Balaban J connectivity index is 1.40. The first-order valence-corrected chi connectivity index (χ1v) is 13.3. The maximum absolute atomic E-state index is 13.3. The summed E-state index contributed by atoms with van der Waals surface area (Å²) in [6, 6.07) is 38.4. The van der Waals surface area contributed by atoms with Crippen molar-refractivity contribution in [3.63, 3.8) is 0 Å². The lowest BCUT2D eigenvalue weighted by molar-refractivity contribution is 0.0224. The first-order chi connectivity index (χ1) is 19.5. The van der Waals surface area contributed by atoms with E-state index >= 15 is 0 Å². The number of carbonyl (C=O) groups is 1. The van der Waals surface area contributed by atoms with Crippen LogP contribution in [0, 0.1) is 6.92 Å². The lowest BCUT2D eigenvalue weighted by atomic mass is 9.77. The third kappa shape index (κ3) is 3.58. The van der Waals surface area contributed by atoms with Crippen LogP contribution in [0.15, 0.2) is 115 Å². The van der Waals surface area contributed by atoms with Gasteiger partial charge in [0.15, 0.2) is 5.60 Å². The van der Waals surface area contributed by atoms with Gasteiger partial charge in [0, 0.05) is 59.6 Å². The van der Waals surface area contributed by atoms with Crippen LogP contribution in [0.5, 0.6) is 11.5 Å². The highest BCUT2D eigenvalue weighted by Crippen LogP contribution is 2.57. The molecule has 196 valence electrons. The van der Waals surface area contributed by atoms with Gasteiger partial charge in [-0.1, -0.05) is 54.1 Å². The number of para-hydroxylation sites is 1. The van der Waals surface area contributed by atoms with E-state index in [0.717, 1.165) is 39.4 Å². The van der Waals surface area contributed by atoms with Crippen LogP contribution < -0.4 is 14.5 Å². The Morgan fingerprint density at radius 1 is 0.575 bits per heavy atom. The average Bonchev–Trinajstić information content (AvgIpc) is 3.29. The predicted molar refractivity (Wildman–Crippen MR) is 158 cm³/mol. The van der Waals surface area contributed by atoms with E-state index in [-0.39, 0.29) is 5.97 Å². The van der Waals surface area contributed by atoms with Gasteiger partial charge in [0.25, 0.3) is 0 Å². The zero-order valence-corrected chi connectivity index (χ0v) is 22.6. The summed E-state index contributed by atoms with van der Waals surface area (Å²) in [5.41, 5.74) is 7.16. The Morgan fingerprint density at radius 3 is 1.98 bits per heavy atom. The van der Waals surface area contributed by atoms with Crippen LogP contribution in [-0.2, 0) is 10.3 Å². The number of hydrogen-bond donors (Lipinski definition) is 0. The van der Waals surface area contributed by atoms with Crippen molar-refractivity contribution in [2.45, 2.75) is 12.5 Å². The fraction of sp³-hybridized carbons (Fsp3) is 0.114. The molecule has 5 nitrogen and oxygen atoms in total. The molecule has 0 saturated heterocycles. The van der Waals surface area contributed by atoms with Crippen molar-refractivity contribution in [1.82, 2.24) is 0 Å². The van der Waals surface area contributed by atoms with Crippen molar-refractivity contribution >= 4 is 28.7 Å². The number of rotatable bonds is 4. The van der Waals surface area contributed by atoms with Gasteiger partial charge in [0.2, 0.25) is 0 Å². The van der Waals surface area contributed by atoms with Gasteiger partial charge >= 0.3 is 5.97 Å². The lowest BCUT2D eigenvalue weighted by Gasteiger charge is -2.37. The molecule has 40 heavy (non-hydrogen) atoms. The maximum Gasteiger partial charge on any atom is 0.340 e. The van der Waals surface area contributed by atoms with Gasteiger partial charge in [-0.25, -0.2) is 4.79 Å². The Labute approximate surface area is 233 Å². The Bertz CT molecular complexity index is 1760. The molecule has 0 radical (unpaired) electrons. The van der Waals surface area contributed by atoms with Crippen LogP contribution >= 0.6 is 0 Å². The smallest absolute Gasteiger partial charge is 0.340 e. The summed E-state index contributed by atoms with van der Waals surface area (Å²) in [5, 5.41) is 0. The predicted octanol–water partition coefficient (Wildman–Crippen LogP) is 8.10. The second-order valence-electron chi connectivity index (χ2n) is 10.4. The van der Waals surface area contributed by atoms with E-state index < -0.39 is 5.60 Å². The number of ether oxygens (including phenoxy) is 2. The van der Waals surface area contributed by atoms with Gasteiger partial charge in [-0.15, -0.1) is 0 Å². The van der Waals surface area contributed by atoms with Gasteiger partial charge in [-0.05, 0) is 67.6 Å². The van der Waals surface area contributed by atoms with Gasteiger partial charge < -0.3 is 19.3 Å². The normalized spacial score (nSPS) is 16.4. The molecule has 0 amide bonds. The fourth-order valence-corrected chi connectivity index (χ4v) is 5.78. The Morgan fingerprint density at radius 2 is 1.20 bits per heavy atom. The number of nitrogens with zero attached hydrogens (tertiary/aromatic N) is 2. The summed E-state index contributed by atoms with van der Waals surface area (Å²) in [6.45, 7) is 2.08. The van der Waals surface area contributed by atoms with Crippen molar-refractivity contribution < 1.29 is 14.3 Å². The van der Waals surface area contributed by atoms with E-state index in [9.17, 15) is 4.79 Å². The Kier molecular flexibility index (Phi) is 5.42. The number of benzene rings is 5. The van der Waals surface area contributed by atoms with Crippen molar-refractivity contribution in [2.24, 2.45) is 0 Å². The molecule has 0 saturated carbocycles. The molecule has 1 unspecified atom stereocenters. The standard InChI is InChI=1S/C35H28N2O3/c1-23-13-15-25(16-14-23)37(3)27-17-19-30-33(22-27)39-32-20-18-26(36(2)24-9-5-4-6-10-24)21-31(32)35(30)29-12-8-7-11-28(29)34(38)40-35/h4-22H,1-3H3. The minimum atomic E-state index is -1.12. The summed E-state index contributed by atoms with van der Waals surface area (Å²) in [4.78, 5) is 17.5. The molecule has 1 spiro atoms. The zero-order chi connectivity index (χ0) is 27.4. The third-order valence-corrected chi connectivity index (χ3v) is 8.02. The molecule has 7 rings (SSSR count). The minimum Gasteiger partial charge on any atom is -0.456 e. The van der Waals surface area contributed by atoms with Gasteiger partial charge in [-0.3, -0.25) is 0 Å². The monoisotopic (exact) mass is 524 g/mol. The second kappa shape index (κ2) is 9.02. The van der Waals surface area contributed by atoms with Crippen LogP contribution in [0.4, 0.5) is 22.7 Å². The number of esters is 1. The van der Waals surface area contributed by atoms with Gasteiger partial charge in [0.1, 0.15) is 11.5 Å². The highest BCUT2D eigenvalue weighted by atomic mass is 16.6. The topological polar surface area (TPSA) is 42.0 Å². The maximum atomic E-state index is 13.3. The number of carbonyl (C=O) groups excluding carboxylic acids is 1. The Hall–Kier alpha value is -5.03. The van der Waals surface area contributed by atoms with E-state index in [1.165, 1.54) is 5.56 Å².